The number of rotatable bonds is 6. The molecule has 4 aliphatic heterocycles. The summed E-state index contributed by atoms with van der Waals surface area (Å²) in [5, 5.41) is 6.51. The summed E-state index contributed by atoms with van der Waals surface area (Å²) in [5.41, 5.74) is 3.23. The summed E-state index contributed by atoms with van der Waals surface area (Å²) < 4.78 is 0. The number of amides is 1. The largest absolute Gasteiger partial charge is 0.330 e. The molecular weight excluding hydrogens is 394 g/mol. The third-order valence-corrected chi connectivity index (χ3v) is 7.46. The SMILES string of the molecule is O=CC(=O)C1CCC(N2Cc3c(CN4CCN(C5CNC5)CC4)cccc3C2=O)CN1. The monoisotopic (exact) mass is 425 g/mol. The molecule has 8 nitrogen and oxygen atoms in total. The van der Waals surface area contributed by atoms with Gasteiger partial charge in [0.05, 0.1) is 6.04 Å². The van der Waals surface area contributed by atoms with Crippen LogP contribution in [0.4, 0.5) is 0 Å². The number of nitrogens with one attached hydrogen (secondary N) is 2. The van der Waals surface area contributed by atoms with Crippen LogP contribution in [0.3, 0.4) is 0 Å². The smallest absolute Gasteiger partial charge is 0.254 e. The van der Waals surface area contributed by atoms with Crippen molar-refractivity contribution in [3.63, 3.8) is 0 Å². The first kappa shape index (κ1) is 20.8. The number of piperidine rings is 1. The van der Waals surface area contributed by atoms with E-state index in [4.69, 9.17) is 0 Å². The highest BCUT2D eigenvalue weighted by Gasteiger charge is 2.37. The minimum Gasteiger partial charge on any atom is -0.330 e. The summed E-state index contributed by atoms with van der Waals surface area (Å²) in [7, 11) is 0. The van der Waals surface area contributed by atoms with Crippen LogP contribution in [0.1, 0.15) is 34.3 Å². The number of piperazine rings is 1. The van der Waals surface area contributed by atoms with Crippen molar-refractivity contribution in [1.82, 2.24) is 25.3 Å². The molecule has 3 fully saturated rings. The van der Waals surface area contributed by atoms with Crippen molar-refractivity contribution in [2.24, 2.45) is 0 Å². The van der Waals surface area contributed by atoms with Gasteiger partial charge in [0.1, 0.15) is 0 Å². The molecule has 0 aromatic heterocycles. The molecule has 166 valence electrons. The van der Waals surface area contributed by atoms with Crippen molar-refractivity contribution < 1.29 is 14.4 Å². The number of nitrogens with zero attached hydrogens (tertiary/aromatic N) is 3. The molecule has 2 N–H and O–H groups in total. The van der Waals surface area contributed by atoms with E-state index in [9.17, 15) is 14.4 Å². The molecule has 0 saturated carbocycles. The number of Topliss-reactive ketones (excluding diaryl/α,β-unsaturated/α-hetero) is 1. The molecule has 3 saturated heterocycles. The van der Waals surface area contributed by atoms with Crippen LogP contribution in [0, 0.1) is 0 Å². The number of hydrogen-bond donors (Lipinski definition) is 2. The Morgan fingerprint density at radius 3 is 2.52 bits per heavy atom. The van der Waals surface area contributed by atoms with Crippen LogP contribution in [0.25, 0.3) is 0 Å². The van der Waals surface area contributed by atoms with Gasteiger partial charge in [0.25, 0.3) is 5.91 Å². The van der Waals surface area contributed by atoms with Crippen LogP contribution in [0.2, 0.25) is 0 Å². The van der Waals surface area contributed by atoms with E-state index >= 15 is 0 Å². The lowest BCUT2D eigenvalue weighted by Crippen LogP contribution is -2.61. The van der Waals surface area contributed by atoms with Gasteiger partial charge in [-0.05, 0) is 30.0 Å². The predicted molar refractivity (Wildman–Crippen MR) is 116 cm³/mol. The molecule has 5 rings (SSSR count). The number of carbonyl (C=O) groups is 3. The Balaban J connectivity index is 1.21. The maximum Gasteiger partial charge on any atom is 0.254 e. The van der Waals surface area contributed by atoms with Gasteiger partial charge >= 0.3 is 0 Å². The lowest BCUT2D eigenvalue weighted by atomic mass is 9.97. The van der Waals surface area contributed by atoms with Gasteiger partial charge in [0, 0.05) is 76.5 Å². The summed E-state index contributed by atoms with van der Waals surface area (Å²) >= 11 is 0. The molecule has 31 heavy (non-hydrogen) atoms. The van der Waals surface area contributed by atoms with E-state index in [1.54, 1.807) is 0 Å². The molecule has 1 aromatic rings. The fourth-order valence-electron chi connectivity index (χ4n) is 5.35. The first-order valence-corrected chi connectivity index (χ1v) is 11.5. The van der Waals surface area contributed by atoms with Gasteiger partial charge < -0.3 is 15.5 Å². The predicted octanol–water partition coefficient (Wildman–Crippen LogP) is -0.380. The number of fused-ring (bicyclic) bond motifs is 1. The molecule has 0 radical (unpaired) electrons. The summed E-state index contributed by atoms with van der Waals surface area (Å²) in [5.74, 6) is -0.309. The van der Waals surface area contributed by atoms with Gasteiger partial charge in [-0.3, -0.25) is 24.2 Å². The third-order valence-electron chi connectivity index (χ3n) is 7.46. The van der Waals surface area contributed by atoms with Gasteiger partial charge in [0.2, 0.25) is 5.78 Å². The standard InChI is InChI=1S/C23H31N5O3/c29-15-22(30)21-5-4-17(12-25-21)28-14-20-16(2-1-3-19(20)23(28)31)13-26-6-8-27(9-7-26)18-10-24-11-18/h1-3,15,17-18,21,24-25H,4-14H2. The Kier molecular flexibility index (Phi) is 5.88. The van der Waals surface area contributed by atoms with Crippen LogP contribution in [-0.2, 0) is 22.7 Å². The van der Waals surface area contributed by atoms with E-state index in [0.717, 1.165) is 63.4 Å². The maximum atomic E-state index is 13.1. The molecule has 4 aliphatic rings. The van der Waals surface area contributed by atoms with Gasteiger partial charge in [0.15, 0.2) is 6.29 Å². The quantitative estimate of drug-likeness (QED) is 0.475. The average Bonchev–Trinajstić information content (AvgIpc) is 3.11. The highest BCUT2D eigenvalue weighted by molar-refractivity contribution is 6.27. The van der Waals surface area contributed by atoms with E-state index in [1.165, 1.54) is 5.56 Å². The van der Waals surface area contributed by atoms with Gasteiger partial charge in [-0.25, -0.2) is 0 Å². The molecule has 2 unspecified atom stereocenters. The van der Waals surface area contributed by atoms with E-state index in [0.29, 0.717) is 31.8 Å². The van der Waals surface area contributed by atoms with E-state index in [1.807, 2.05) is 17.0 Å². The van der Waals surface area contributed by atoms with Crippen LogP contribution < -0.4 is 10.6 Å². The number of ketones is 1. The second-order valence-corrected chi connectivity index (χ2v) is 9.21. The molecule has 0 bridgehead atoms. The Morgan fingerprint density at radius 2 is 1.87 bits per heavy atom. The van der Waals surface area contributed by atoms with Crippen molar-refractivity contribution in [1.29, 1.82) is 0 Å². The molecule has 2 atom stereocenters. The molecule has 8 heteroatoms. The fourth-order valence-corrected chi connectivity index (χ4v) is 5.35. The molecular formula is C23H31N5O3. The maximum absolute atomic E-state index is 13.1. The average molecular weight is 426 g/mol. The van der Waals surface area contributed by atoms with Crippen molar-refractivity contribution in [2.75, 3.05) is 45.8 Å². The van der Waals surface area contributed by atoms with Gasteiger partial charge in [-0.1, -0.05) is 12.1 Å². The van der Waals surface area contributed by atoms with Crippen molar-refractivity contribution in [2.45, 2.75) is 44.1 Å². The Morgan fingerprint density at radius 1 is 1.06 bits per heavy atom. The van der Waals surface area contributed by atoms with Crippen LogP contribution in [0.5, 0.6) is 0 Å². The Bertz CT molecular complexity index is 855. The molecule has 4 heterocycles. The number of carbonyl (C=O) groups excluding carboxylic acids is 3. The number of benzene rings is 1. The highest BCUT2D eigenvalue weighted by atomic mass is 16.2. The van der Waals surface area contributed by atoms with Crippen LogP contribution in [-0.4, -0.2) is 96.6 Å². The highest BCUT2D eigenvalue weighted by Crippen LogP contribution is 2.30. The second-order valence-electron chi connectivity index (χ2n) is 9.21. The minimum absolute atomic E-state index is 0.0584. The zero-order valence-corrected chi connectivity index (χ0v) is 17.9. The van der Waals surface area contributed by atoms with E-state index < -0.39 is 11.8 Å². The number of aldehydes is 1. The summed E-state index contributed by atoms with van der Waals surface area (Å²) in [4.78, 5) is 42.5. The second kappa shape index (κ2) is 8.78. The summed E-state index contributed by atoms with van der Waals surface area (Å²) in [6.45, 7) is 8.66. The summed E-state index contributed by atoms with van der Waals surface area (Å²) in [6.07, 6.45) is 1.73. The first-order valence-electron chi connectivity index (χ1n) is 11.5. The van der Waals surface area contributed by atoms with Crippen LogP contribution in [0.15, 0.2) is 18.2 Å². The lowest BCUT2D eigenvalue weighted by Gasteiger charge is -2.43. The van der Waals surface area contributed by atoms with Crippen molar-refractivity contribution >= 4 is 18.0 Å². The van der Waals surface area contributed by atoms with Gasteiger partial charge in [-0.15, -0.1) is 0 Å². The minimum atomic E-state index is -0.404. The molecule has 0 spiro atoms. The van der Waals surface area contributed by atoms with Gasteiger partial charge in [-0.2, -0.15) is 0 Å². The van der Waals surface area contributed by atoms with Crippen molar-refractivity contribution in [3.8, 4) is 0 Å². The summed E-state index contributed by atoms with van der Waals surface area (Å²) in [6, 6.07) is 6.47. The normalized spacial score (nSPS) is 27.7. The number of hydrogen-bond acceptors (Lipinski definition) is 7. The Labute approximate surface area is 182 Å². The Hall–Kier alpha value is -2.13. The topological polar surface area (TPSA) is 85.0 Å². The van der Waals surface area contributed by atoms with Crippen molar-refractivity contribution in [3.05, 3.63) is 34.9 Å². The van der Waals surface area contributed by atoms with E-state index in [2.05, 4.69) is 26.5 Å². The molecule has 1 aromatic carbocycles. The molecule has 1 amide bonds. The zero-order valence-electron chi connectivity index (χ0n) is 17.9. The van der Waals surface area contributed by atoms with Crippen LogP contribution >= 0.6 is 0 Å². The van der Waals surface area contributed by atoms with E-state index in [-0.39, 0.29) is 11.9 Å². The lowest BCUT2D eigenvalue weighted by molar-refractivity contribution is -0.131. The zero-order chi connectivity index (χ0) is 21.4. The fraction of sp³-hybridized carbons (Fsp3) is 0.609. The third kappa shape index (κ3) is 4.05. The first-order chi connectivity index (χ1) is 15.1. The molecule has 0 aliphatic carbocycles.